The first-order valence-corrected chi connectivity index (χ1v) is 6.89. The van der Waals surface area contributed by atoms with E-state index >= 15 is 0 Å². The Hall–Kier alpha value is -2.00. The lowest BCUT2D eigenvalue weighted by atomic mass is 10.1. The van der Waals surface area contributed by atoms with E-state index in [0.29, 0.717) is 5.89 Å². The zero-order valence-corrected chi connectivity index (χ0v) is 11.4. The Morgan fingerprint density at radius 2 is 1.68 bits per heavy atom. The molecule has 0 saturated carbocycles. The molecular formula is C16H13NOS. The molecule has 0 fully saturated rings. The van der Waals surface area contributed by atoms with Gasteiger partial charge in [0.05, 0.1) is 6.20 Å². The van der Waals surface area contributed by atoms with E-state index in [1.54, 1.807) is 18.0 Å². The quantitative estimate of drug-likeness (QED) is 0.681. The molecule has 0 N–H and O–H groups in total. The molecule has 1 aromatic heterocycles. The Bertz CT molecular complexity index is 659. The monoisotopic (exact) mass is 267 g/mol. The average Bonchev–Trinajstić information content (AvgIpc) is 2.89. The lowest BCUT2D eigenvalue weighted by molar-refractivity contribution is 0.484. The number of rotatable bonds is 3. The standard InChI is InChI=1S/C16H13NOS/c1-12-7-9-13(10-8-12)16-17-11-15(18-16)19-14-5-3-2-4-6-14/h2-11H,1H3. The third-order valence-corrected chi connectivity index (χ3v) is 3.64. The van der Waals surface area contributed by atoms with Gasteiger partial charge in [0.25, 0.3) is 0 Å². The van der Waals surface area contributed by atoms with E-state index in [1.807, 2.05) is 30.3 Å². The van der Waals surface area contributed by atoms with E-state index in [1.165, 1.54) is 5.56 Å². The highest BCUT2D eigenvalue weighted by Gasteiger charge is 2.07. The van der Waals surface area contributed by atoms with Gasteiger partial charge in [-0.05, 0) is 31.2 Å². The summed E-state index contributed by atoms with van der Waals surface area (Å²) in [5.74, 6) is 0.665. The summed E-state index contributed by atoms with van der Waals surface area (Å²) in [6, 6.07) is 18.3. The number of aromatic nitrogens is 1. The fourth-order valence-electron chi connectivity index (χ4n) is 1.74. The van der Waals surface area contributed by atoms with Crippen molar-refractivity contribution < 1.29 is 4.42 Å². The maximum absolute atomic E-state index is 5.77. The molecule has 3 heteroatoms. The second kappa shape index (κ2) is 5.33. The first-order valence-electron chi connectivity index (χ1n) is 6.07. The lowest BCUT2D eigenvalue weighted by Gasteiger charge is -1.97. The topological polar surface area (TPSA) is 26.0 Å². The van der Waals surface area contributed by atoms with Crippen molar-refractivity contribution in [2.24, 2.45) is 0 Å². The minimum atomic E-state index is 0.665. The maximum Gasteiger partial charge on any atom is 0.227 e. The Balaban J connectivity index is 1.82. The second-order valence-electron chi connectivity index (χ2n) is 4.27. The fourth-order valence-corrected chi connectivity index (χ4v) is 2.49. The highest BCUT2D eigenvalue weighted by molar-refractivity contribution is 7.99. The van der Waals surface area contributed by atoms with Crippen LogP contribution in [-0.2, 0) is 0 Å². The van der Waals surface area contributed by atoms with Crippen LogP contribution < -0.4 is 0 Å². The molecule has 0 radical (unpaired) electrons. The van der Waals surface area contributed by atoms with Gasteiger partial charge in [0, 0.05) is 10.5 Å². The summed E-state index contributed by atoms with van der Waals surface area (Å²) in [5, 5.41) is 0.807. The molecule has 2 nitrogen and oxygen atoms in total. The molecule has 0 bridgehead atoms. The highest BCUT2D eigenvalue weighted by atomic mass is 32.2. The first-order chi connectivity index (χ1) is 9.31. The zero-order valence-electron chi connectivity index (χ0n) is 10.5. The Morgan fingerprint density at radius 3 is 2.42 bits per heavy atom. The molecule has 0 spiro atoms. The van der Waals surface area contributed by atoms with Crippen LogP contribution in [0.3, 0.4) is 0 Å². The molecule has 0 amide bonds. The van der Waals surface area contributed by atoms with Crippen molar-refractivity contribution in [1.82, 2.24) is 4.98 Å². The van der Waals surface area contributed by atoms with Gasteiger partial charge < -0.3 is 4.42 Å². The van der Waals surface area contributed by atoms with Crippen LogP contribution in [0, 0.1) is 6.92 Å². The third kappa shape index (κ3) is 2.88. The molecule has 0 aliphatic heterocycles. The van der Waals surface area contributed by atoms with E-state index < -0.39 is 0 Å². The predicted molar refractivity (Wildman–Crippen MR) is 77.2 cm³/mol. The first kappa shape index (κ1) is 12.1. The molecule has 0 aliphatic carbocycles. The number of aryl methyl sites for hydroxylation is 1. The predicted octanol–water partition coefficient (Wildman–Crippen LogP) is 4.80. The Morgan fingerprint density at radius 1 is 0.947 bits per heavy atom. The van der Waals surface area contributed by atoms with Gasteiger partial charge in [-0.3, -0.25) is 0 Å². The van der Waals surface area contributed by atoms with Gasteiger partial charge in [-0.25, -0.2) is 4.98 Å². The van der Waals surface area contributed by atoms with Crippen molar-refractivity contribution in [2.75, 3.05) is 0 Å². The van der Waals surface area contributed by atoms with E-state index in [-0.39, 0.29) is 0 Å². The molecule has 3 rings (SSSR count). The van der Waals surface area contributed by atoms with E-state index in [9.17, 15) is 0 Å². The van der Waals surface area contributed by atoms with Gasteiger partial charge >= 0.3 is 0 Å². The molecule has 94 valence electrons. The molecular weight excluding hydrogens is 254 g/mol. The lowest BCUT2D eigenvalue weighted by Crippen LogP contribution is -1.76. The summed E-state index contributed by atoms with van der Waals surface area (Å²) in [7, 11) is 0. The summed E-state index contributed by atoms with van der Waals surface area (Å²) < 4.78 is 5.77. The van der Waals surface area contributed by atoms with Crippen molar-refractivity contribution >= 4 is 11.8 Å². The van der Waals surface area contributed by atoms with Crippen molar-refractivity contribution in [2.45, 2.75) is 16.9 Å². The smallest absolute Gasteiger partial charge is 0.227 e. The van der Waals surface area contributed by atoms with E-state index in [2.05, 4.69) is 36.2 Å². The molecule has 0 atom stereocenters. The zero-order chi connectivity index (χ0) is 13.1. The van der Waals surface area contributed by atoms with Gasteiger partial charge in [0.15, 0.2) is 5.09 Å². The maximum atomic E-state index is 5.77. The Kier molecular flexibility index (Phi) is 3.38. The van der Waals surface area contributed by atoms with Crippen LogP contribution in [0.2, 0.25) is 0 Å². The number of hydrogen-bond acceptors (Lipinski definition) is 3. The van der Waals surface area contributed by atoms with E-state index in [4.69, 9.17) is 4.42 Å². The summed E-state index contributed by atoms with van der Waals surface area (Å²) in [4.78, 5) is 5.47. The van der Waals surface area contributed by atoms with Gasteiger partial charge in [-0.1, -0.05) is 47.7 Å². The third-order valence-electron chi connectivity index (χ3n) is 2.74. The molecule has 3 aromatic rings. The van der Waals surface area contributed by atoms with E-state index in [0.717, 1.165) is 15.6 Å². The largest absolute Gasteiger partial charge is 0.430 e. The van der Waals surface area contributed by atoms with Crippen LogP contribution in [0.15, 0.2) is 75.2 Å². The van der Waals surface area contributed by atoms with Gasteiger partial charge in [-0.2, -0.15) is 0 Å². The van der Waals surface area contributed by atoms with Crippen LogP contribution in [0.5, 0.6) is 0 Å². The summed E-state index contributed by atoms with van der Waals surface area (Å²) in [6.45, 7) is 2.07. The van der Waals surface area contributed by atoms with Crippen molar-refractivity contribution in [3.05, 3.63) is 66.4 Å². The van der Waals surface area contributed by atoms with Gasteiger partial charge in [0.1, 0.15) is 0 Å². The average molecular weight is 267 g/mol. The van der Waals surface area contributed by atoms with Gasteiger partial charge in [-0.15, -0.1) is 0 Å². The van der Waals surface area contributed by atoms with Crippen LogP contribution in [0.25, 0.3) is 11.5 Å². The molecule has 0 aliphatic rings. The molecule has 19 heavy (non-hydrogen) atoms. The number of nitrogens with zero attached hydrogens (tertiary/aromatic N) is 1. The normalized spacial score (nSPS) is 10.6. The van der Waals surface area contributed by atoms with Crippen LogP contribution in [0.1, 0.15) is 5.56 Å². The number of hydrogen-bond donors (Lipinski definition) is 0. The fraction of sp³-hybridized carbons (Fsp3) is 0.0625. The summed E-state index contributed by atoms with van der Waals surface area (Å²) in [5.41, 5.74) is 2.24. The summed E-state index contributed by atoms with van der Waals surface area (Å²) >= 11 is 1.58. The summed E-state index contributed by atoms with van der Waals surface area (Å²) in [6.07, 6.45) is 1.77. The minimum absolute atomic E-state index is 0.665. The van der Waals surface area contributed by atoms with Crippen LogP contribution in [-0.4, -0.2) is 4.98 Å². The Labute approximate surface area is 116 Å². The second-order valence-corrected chi connectivity index (χ2v) is 5.34. The molecule has 1 heterocycles. The van der Waals surface area contributed by atoms with Crippen molar-refractivity contribution in [3.8, 4) is 11.5 Å². The van der Waals surface area contributed by atoms with Crippen molar-refractivity contribution in [3.63, 3.8) is 0 Å². The number of oxazole rings is 1. The van der Waals surface area contributed by atoms with Gasteiger partial charge in [0.2, 0.25) is 5.89 Å². The van der Waals surface area contributed by atoms with Crippen LogP contribution in [0.4, 0.5) is 0 Å². The molecule has 2 aromatic carbocycles. The SMILES string of the molecule is Cc1ccc(-c2ncc(Sc3ccccc3)o2)cc1. The minimum Gasteiger partial charge on any atom is -0.430 e. The highest BCUT2D eigenvalue weighted by Crippen LogP contribution is 2.30. The molecule has 0 unspecified atom stereocenters. The number of benzene rings is 2. The molecule has 0 saturated heterocycles. The van der Waals surface area contributed by atoms with Crippen LogP contribution >= 0.6 is 11.8 Å². The van der Waals surface area contributed by atoms with Crippen molar-refractivity contribution in [1.29, 1.82) is 0 Å².